The summed E-state index contributed by atoms with van der Waals surface area (Å²) in [6.45, 7) is 11.2. The smallest absolute Gasteiger partial charge is 0.232 e. The fourth-order valence-corrected chi connectivity index (χ4v) is 7.59. The number of halogens is 1. The Bertz CT molecular complexity index is 1360. The van der Waals surface area contributed by atoms with Gasteiger partial charge in [-0.15, -0.1) is 0 Å². The van der Waals surface area contributed by atoms with E-state index in [1.807, 2.05) is 12.1 Å². The van der Waals surface area contributed by atoms with Crippen molar-refractivity contribution in [3.05, 3.63) is 71.2 Å². The topological polar surface area (TPSA) is 59.6 Å². The van der Waals surface area contributed by atoms with Gasteiger partial charge in [0.25, 0.3) is 0 Å². The van der Waals surface area contributed by atoms with E-state index < -0.39 is 0 Å². The van der Waals surface area contributed by atoms with Gasteiger partial charge in [0.05, 0.1) is 0 Å². The van der Waals surface area contributed by atoms with Crippen LogP contribution in [-0.4, -0.2) is 60.9 Å². The number of hydrogen-bond donors (Lipinski definition) is 2. The highest BCUT2D eigenvalue weighted by Gasteiger charge is 2.35. The molecular formula is C34H44ClN7S. The zero-order valence-corrected chi connectivity index (χ0v) is 27.0. The maximum absolute atomic E-state index is 6.20. The largest absolute Gasteiger partial charge is 0.368 e. The van der Waals surface area contributed by atoms with Crippen LogP contribution in [0.4, 0.5) is 23.3 Å². The number of benzene rings is 2. The minimum atomic E-state index is 0.0582. The Hall–Kier alpha value is -3.10. The highest BCUT2D eigenvalue weighted by Crippen LogP contribution is 2.41. The van der Waals surface area contributed by atoms with Crippen LogP contribution in [0.3, 0.4) is 0 Å². The van der Waals surface area contributed by atoms with Gasteiger partial charge in [0.15, 0.2) is 5.11 Å². The van der Waals surface area contributed by atoms with E-state index in [0.29, 0.717) is 22.9 Å². The van der Waals surface area contributed by atoms with Crippen LogP contribution in [-0.2, 0) is 5.41 Å². The summed E-state index contributed by atoms with van der Waals surface area (Å²) >= 11 is 12.0. The van der Waals surface area contributed by atoms with Crippen LogP contribution < -0.4 is 25.3 Å². The standard InChI is InChI=1S/C34H44ClN7S/c1-25-20-26(2)23-42(22-25)31-21-30(41-18-16-40(17-19-41)29-8-4-3-5-9-29)37-32(38-31)39-33(43)36-24-34(14-6-7-15-34)27-10-12-28(35)13-11-27/h3-5,8-13,21,25-26H,6-7,14-20,22-24H2,1-2H3,(H2,36,37,38,39,43)/t25-,26-/m0/s1. The van der Waals surface area contributed by atoms with Gasteiger partial charge in [0, 0.05) is 68.0 Å². The van der Waals surface area contributed by atoms with Crippen molar-refractivity contribution in [2.24, 2.45) is 11.8 Å². The molecule has 2 aliphatic heterocycles. The van der Waals surface area contributed by atoms with Crippen LogP contribution >= 0.6 is 23.8 Å². The van der Waals surface area contributed by atoms with Crippen molar-refractivity contribution in [1.82, 2.24) is 15.3 Å². The van der Waals surface area contributed by atoms with E-state index in [0.717, 1.165) is 75.3 Å². The van der Waals surface area contributed by atoms with Gasteiger partial charge in [0.1, 0.15) is 11.6 Å². The van der Waals surface area contributed by atoms with E-state index in [2.05, 4.69) is 87.7 Å². The minimum Gasteiger partial charge on any atom is -0.368 e. The second-order valence-corrected chi connectivity index (χ2v) is 13.7. The molecule has 0 spiro atoms. The molecule has 1 aliphatic carbocycles. The normalized spacial score (nSPS) is 22.0. The van der Waals surface area contributed by atoms with Crippen LogP contribution in [0.15, 0.2) is 60.7 Å². The third kappa shape index (κ3) is 7.18. The first-order valence-corrected chi connectivity index (χ1v) is 16.7. The quantitative estimate of drug-likeness (QED) is 0.283. The molecule has 3 fully saturated rings. The van der Waals surface area contributed by atoms with Crippen molar-refractivity contribution >= 4 is 52.2 Å². The Balaban J connectivity index is 1.18. The van der Waals surface area contributed by atoms with Gasteiger partial charge in [-0.05, 0) is 73.1 Å². The number of thiocarbonyl (C=S) groups is 1. The van der Waals surface area contributed by atoms with Crippen LogP contribution in [0.5, 0.6) is 0 Å². The Morgan fingerprint density at radius 3 is 2.12 bits per heavy atom. The molecule has 0 amide bonds. The molecule has 7 nitrogen and oxygen atoms in total. The van der Waals surface area contributed by atoms with Crippen molar-refractivity contribution < 1.29 is 0 Å². The van der Waals surface area contributed by atoms with Crippen LogP contribution in [0.1, 0.15) is 51.5 Å². The Morgan fingerprint density at radius 1 is 0.860 bits per heavy atom. The van der Waals surface area contributed by atoms with Crippen LogP contribution in [0.2, 0.25) is 5.02 Å². The maximum atomic E-state index is 6.20. The molecule has 0 unspecified atom stereocenters. The molecule has 0 bridgehead atoms. The molecule has 2 N–H and O–H groups in total. The number of anilines is 4. The molecule has 3 aromatic rings. The lowest BCUT2D eigenvalue weighted by Crippen LogP contribution is -2.47. The van der Waals surface area contributed by atoms with Crippen LogP contribution in [0, 0.1) is 11.8 Å². The molecule has 1 saturated carbocycles. The summed E-state index contributed by atoms with van der Waals surface area (Å²) in [4.78, 5) is 17.3. The number of piperazine rings is 1. The average molecular weight is 618 g/mol. The lowest BCUT2D eigenvalue weighted by Gasteiger charge is -2.38. The van der Waals surface area contributed by atoms with Gasteiger partial charge < -0.3 is 25.3 Å². The van der Waals surface area contributed by atoms with Crippen molar-refractivity contribution in [1.29, 1.82) is 0 Å². The molecule has 3 aliphatic rings. The lowest BCUT2D eigenvalue weighted by atomic mass is 9.79. The predicted molar refractivity (Wildman–Crippen MR) is 184 cm³/mol. The van der Waals surface area contributed by atoms with E-state index in [4.69, 9.17) is 33.8 Å². The molecule has 1 aromatic heterocycles. The summed E-state index contributed by atoms with van der Waals surface area (Å²) in [6, 6.07) is 21.2. The number of aromatic nitrogens is 2. The molecule has 2 aromatic carbocycles. The van der Waals surface area contributed by atoms with E-state index in [9.17, 15) is 0 Å². The number of para-hydroxylation sites is 1. The van der Waals surface area contributed by atoms with Gasteiger partial charge in [-0.2, -0.15) is 9.97 Å². The second kappa shape index (κ2) is 13.3. The first-order valence-electron chi connectivity index (χ1n) is 15.9. The zero-order valence-electron chi connectivity index (χ0n) is 25.4. The second-order valence-electron chi connectivity index (χ2n) is 12.9. The molecule has 9 heteroatoms. The summed E-state index contributed by atoms with van der Waals surface area (Å²) in [5, 5.41) is 8.25. The molecule has 0 radical (unpaired) electrons. The van der Waals surface area contributed by atoms with E-state index in [-0.39, 0.29) is 5.41 Å². The summed E-state index contributed by atoms with van der Waals surface area (Å²) in [5.74, 6) is 3.76. The predicted octanol–water partition coefficient (Wildman–Crippen LogP) is 6.74. The van der Waals surface area contributed by atoms with Gasteiger partial charge in [-0.1, -0.05) is 68.6 Å². The third-order valence-electron chi connectivity index (χ3n) is 9.45. The molecule has 43 heavy (non-hydrogen) atoms. The van der Waals surface area contributed by atoms with E-state index in [1.54, 1.807) is 0 Å². The van der Waals surface area contributed by atoms with Gasteiger partial charge >= 0.3 is 0 Å². The molecule has 6 rings (SSSR count). The highest BCUT2D eigenvalue weighted by atomic mass is 35.5. The van der Waals surface area contributed by atoms with Crippen molar-refractivity contribution in [3.63, 3.8) is 0 Å². The fourth-order valence-electron chi connectivity index (χ4n) is 7.30. The SMILES string of the molecule is C[C@H]1C[C@H](C)CN(c2cc(N3CCN(c4ccccc4)CC3)nc(NC(=S)NCC3(c4ccc(Cl)cc4)CCCC3)n2)C1. The number of rotatable bonds is 7. The van der Waals surface area contributed by atoms with Gasteiger partial charge in [-0.3, -0.25) is 0 Å². The molecule has 2 saturated heterocycles. The van der Waals surface area contributed by atoms with Gasteiger partial charge in [0.2, 0.25) is 5.95 Å². The third-order valence-corrected chi connectivity index (χ3v) is 9.95. The number of nitrogens with zero attached hydrogens (tertiary/aromatic N) is 5. The summed E-state index contributed by atoms with van der Waals surface area (Å²) in [6.07, 6.45) is 5.98. The molecule has 2 atom stereocenters. The summed E-state index contributed by atoms with van der Waals surface area (Å²) < 4.78 is 0. The Morgan fingerprint density at radius 2 is 1.47 bits per heavy atom. The monoisotopic (exact) mass is 617 g/mol. The van der Waals surface area contributed by atoms with Crippen molar-refractivity contribution in [2.75, 3.05) is 65.8 Å². The Labute approximate surface area is 267 Å². The number of nitrogens with one attached hydrogen (secondary N) is 2. The van der Waals surface area contributed by atoms with Crippen molar-refractivity contribution in [3.8, 4) is 0 Å². The number of piperidine rings is 1. The summed E-state index contributed by atoms with van der Waals surface area (Å²) in [7, 11) is 0. The first kappa shape index (κ1) is 29.9. The lowest BCUT2D eigenvalue weighted by molar-refractivity contribution is 0.355. The summed E-state index contributed by atoms with van der Waals surface area (Å²) in [5.41, 5.74) is 2.66. The van der Waals surface area contributed by atoms with Crippen molar-refractivity contribution in [2.45, 2.75) is 51.4 Å². The minimum absolute atomic E-state index is 0.0582. The fraction of sp³-hybridized carbons (Fsp3) is 0.500. The number of hydrogen-bond acceptors (Lipinski definition) is 6. The van der Waals surface area contributed by atoms with Gasteiger partial charge in [-0.25, -0.2) is 0 Å². The van der Waals surface area contributed by atoms with Crippen LogP contribution in [0.25, 0.3) is 0 Å². The Kier molecular flexibility index (Phi) is 9.24. The van der Waals surface area contributed by atoms with E-state index >= 15 is 0 Å². The first-order chi connectivity index (χ1) is 20.9. The maximum Gasteiger partial charge on any atom is 0.232 e. The molecule has 228 valence electrons. The average Bonchev–Trinajstić information content (AvgIpc) is 3.50. The molecule has 3 heterocycles. The molecular weight excluding hydrogens is 574 g/mol. The zero-order chi connectivity index (χ0) is 29.8. The van der Waals surface area contributed by atoms with E-state index in [1.165, 1.54) is 30.5 Å². The highest BCUT2D eigenvalue weighted by molar-refractivity contribution is 7.80.